The second-order valence-electron chi connectivity index (χ2n) is 4.89. The van der Waals surface area contributed by atoms with Crippen LogP contribution in [0, 0.1) is 10.5 Å². The fourth-order valence-electron chi connectivity index (χ4n) is 1.74. The fourth-order valence-corrected chi connectivity index (χ4v) is 2.27. The number of aryl methyl sites for hydroxylation is 1. The van der Waals surface area contributed by atoms with Crippen LogP contribution in [0.4, 0.5) is 0 Å². The molecule has 0 aliphatic rings. The molecule has 2 nitrogen and oxygen atoms in total. The summed E-state index contributed by atoms with van der Waals surface area (Å²) in [7, 11) is 2.18. The Morgan fingerprint density at radius 3 is 2.71 bits per heavy atom. The Morgan fingerprint density at radius 1 is 1.35 bits per heavy atom. The lowest BCUT2D eigenvalue weighted by molar-refractivity contribution is 0.319. The molecule has 0 unspecified atom stereocenters. The van der Waals surface area contributed by atoms with Crippen LogP contribution in [0.5, 0.6) is 0 Å². The SMILES string of the molecule is Cc1cccc(CN(C)CCNC(C)C)c1I. The van der Waals surface area contributed by atoms with E-state index in [0.29, 0.717) is 6.04 Å². The third kappa shape index (κ3) is 5.36. The van der Waals surface area contributed by atoms with Crippen LogP contribution in [-0.2, 0) is 6.54 Å². The Bertz CT molecular complexity index is 350. The largest absolute Gasteiger partial charge is 0.313 e. The first kappa shape index (κ1) is 14.9. The van der Waals surface area contributed by atoms with Gasteiger partial charge in [-0.25, -0.2) is 0 Å². The van der Waals surface area contributed by atoms with Crippen molar-refractivity contribution in [1.82, 2.24) is 10.2 Å². The van der Waals surface area contributed by atoms with Crippen molar-refractivity contribution in [3.63, 3.8) is 0 Å². The van der Waals surface area contributed by atoms with Crippen molar-refractivity contribution in [3.05, 3.63) is 32.9 Å². The molecule has 0 aliphatic carbocycles. The minimum Gasteiger partial charge on any atom is -0.313 e. The van der Waals surface area contributed by atoms with E-state index in [9.17, 15) is 0 Å². The monoisotopic (exact) mass is 346 g/mol. The predicted molar refractivity (Wildman–Crippen MR) is 83.4 cm³/mol. The van der Waals surface area contributed by atoms with Crippen LogP contribution < -0.4 is 5.32 Å². The van der Waals surface area contributed by atoms with E-state index in [4.69, 9.17) is 0 Å². The molecule has 17 heavy (non-hydrogen) atoms. The van der Waals surface area contributed by atoms with Crippen molar-refractivity contribution >= 4 is 22.6 Å². The fraction of sp³-hybridized carbons (Fsp3) is 0.571. The van der Waals surface area contributed by atoms with Gasteiger partial charge in [-0.3, -0.25) is 0 Å². The van der Waals surface area contributed by atoms with Crippen molar-refractivity contribution in [2.24, 2.45) is 0 Å². The first-order chi connectivity index (χ1) is 8.00. The van der Waals surface area contributed by atoms with Crippen LogP contribution in [0.1, 0.15) is 25.0 Å². The summed E-state index contributed by atoms with van der Waals surface area (Å²) in [6.07, 6.45) is 0. The van der Waals surface area contributed by atoms with Gasteiger partial charge in [0.15, 0.2) is 0 Å². The first-order valence-electron chi connectivity index (χ1n) is 6.16. The lowest BCUT2D eigenvalue weighted by Crippen LogP contribution is -2.32. The van der Waals surface area contributed by atoms with Crippen LogP contribution in [0.25, 0.3) is 0 Å². The van der Waals surface area contributed by atoms with Crippen molar-refractivity contribution in [3.8, 4) is 0 Å². The molecule has 0 bridgehead atoms. The Morgan fingerprint density at radius 2 is 2.06 bits per heavy atom. The zero-order valence-electron chi connectivity index (χ0n) is 11.3. The third-order valence-corrected chi connectivity index (χ3v) is 4.30. The molecular weight excluding hydrogens is 323 g/mol. The highest BCUT2D eigenvalue weighted by molar-refractivity contribution is 14.1. The average molecular weight is 346 g/mol. The highest BCUT2D eigenvalue weighted by Crippen LogP contribution is 2.17. The van der Waals surface area contributed by atoms with Crippen molar-refractivity contribution in [2.75, 3.05) is 20.1 Å². The lowest BCUT2D eigenvalue weighted by Gasteiger charge is -2.19. The maximum absolute atomic E-state index is 3.44. The zero-order chi connectivity index (χ0) is 12.8. The minimum atomic E-state index is 0.572. The number of hydrogen-bond donors (Lipinski definition) is 1. The normalized spacial score (nSPS) is 11.5. The quantitative estimate of drug-likeness (QED) is 0.797. The summed E-state index contributed by atoms with van der Waals surface area (Å²) in [4.78, 5) is 2.37. The number of rotatable bonds is 6. The van der Waals surface area contributed by atoms with Gasteiger partial charge in [-0.05, 0) is 47.7 Å². The van der Waals surface area contributed by atoms with Crippen LogP contribution in [0.15, 0.2) is 18.2 Å². The van der Waals surface area contributed by atoms with Gasteiger partial charge >= 0.3 is 0 Å². The molecule has 0 heterocycles. The van der Waals surface area contributed by atoms with Crippen LogP contribution in [-0.4, -0.2) is 31.1 Å². The highest BCUT2D eigenvalue weighted by atomic mass is 127. The highest BCUT2D eigenvalue weighted by Gasteiger charge is 2.05. The van der Waals surface area contributed by atoms with E-state index < -0.39 is 0 Å². The molecule has 1 rings (SSSR count). The van der Waals surface area contributed by atoms with Gasteiger partial charge in [0.1, 0.15) is 0 Å². The molecule has 0 saturated carbocycles. The number of nitrogens with zero attached hydrogens (tertiary/aromatic N) is 1. The number of likely N-dealkylation sites (N-methyl/N-ethyl adjacent to an activating group) is 1. The smallest absolute Gasteiger partial charge is 0.0241 e. The minimum absolute atomic E-state index is 0.572. The summed E-state index contributed by atoms with van der Waals surface area (Å²) >= 11 is 2.44. The molecule has 1 aromatic rings. The van der Waals surface area contributed by atoms with Gasteiger partial charge in [-0.2, -0.15) is 0 Å². The Hall–Kier alpha value is -0.130. The standard InChI is InChI=1S/C14H23IN2/c1-11(2)16-8-9-17(4)10-13-7-5-6-12(3)14(13)15/h5-7,11,16H,8-10H2,1-4H3. The molecule has 0 saturated heterocycles. The molecule has 1 aromatic carbocycles. The molecule has 0 aliphatic heterocycles. The molecule has 3 heteroatoms. The Balaban J connectivity index is 2.45. The van der Waals surface area contributed by atoms with E-state index in [1.807, 2.05) is 0 Å². The van der Waals surface area contributed by atoms with Crippen LogP contribution in [0.3, 0.4) is 0 Å². The van der Waals surface area contributed by atoms with Crippen molar-refractivity contribution in [1.29, 1.82) is 0 Å². The van der Waals surface area contributed by atoms with E-state index >= 15 is 0 Å². The van der Waals surface area contributed by atoms with E-state index in [2.05, 4.69) is 78.8 Å². The summed E-state index contributed by atoms with van der Waals surface area (Å²) in [5.41, 5.74) is 2.80. The van der Waals surface area contributed by atoms with E-state index in [1.54, 1.807) is 0 Å². The second-order valence-corrected chi connectivity index (χ2v) is 5.97. The number of nitrogens with one attached hydrogen (secondary N) is 1. The molecule has 96 valence electrons. The van der Waals surface area contributed by atoms with Crippen molar-refractivity contribution < 1.29 is 0 Å². The summed E-state index contributed by atoms with van der Waals surface area (Å²) in [5, 5.41) is 3.44. The number of hydrogen-bond acceptors (Lipinski definition) is 2. The molecule has 0 amide bonds. The van der Waals surface area contributed by atoms with Crippen LogP contribution >= 0.6 is 22.6 Å². The molecule has 0 atom stereocenters. The second kappa shape index (κ2) is 7.34. The molecule has 0 fully saturated rings. The molecule has 0 spiro atoms. The molecule has 1 N–H and O–H groups in total. The summed E-state index contributed by atoms with van der Waals surface area (Å²) < 4.78 is 1.40. The average Bonchev–Trinajstić information content (AvgIpc) is 2.24. The zero-order valence-corrected chi connectivity index (χ0v) is 13.4. The number of benzene rings is 1. The molecule has 0 radical (unpaired) electrons. The van der Waals surface area contributed by atoms with Crippen LogP contribution in [0.2, 0.25) is 0 Å². The van der Waals surface area contributed by atoms with Gasteiger partial charge in [0.2, 0.25) is 0 Å². The van der Waals surface area contributed by atoms with Gasteiger partial charge in [0, 0.05) is 29.2 Å². The summed E-state index contributed by atoms with van der Waals surface area (Å²) in [5.74, 6) is 0. The first-order valence-corrected chi connectivity index (χ1v) is 7.24. The Labute approximate surface area is 119 Å². The number of halogens is 1. The van der Waals surface area contributed by atoms with Gasteiger partial charge in [0.25, 0.3) is 0 Å². The van der Waals surface area contributed by atoms with Gasteiger partial charge < -0.3 is 10.2 Å². The van der Waals surface area contributed by atoms with Gasteiger partial charge in [-0.1, -0.05) is 32.0 Å². The Kier molecular flexibility index (Phi) is 6.44. The van der Waals surface area contributed by atoms with E-state index in [0.717, 1.165) is 19.6 Å². The van der Waals surface area contributed by atoms with E-state index in [-0.39, 0.29) is 0 Å². The van der Waals surface area contributed by atoms with E-state index in [1.165, 1.54) is 14.7 Å². The van der Waals surface area contributed by atoms with Gasteiger partial charge in [-0.15, -0.1) is 0 Å². The third-order valence-electron chi connectivity index (χ3n) is 2.76. The molecule has 0 aromatic heterocycles. The molecular formula is C14H23IN2. The summed E-state index contributed by atoms with van der Waals surface area (Å²) in [6.45, 7) is 9.71. The lowest BCUT2D eigenvalue weighted by atomic mass is 10.1. The maximum Gasteiger partial charge on any atom is 0.0241 e. The van der Waals surface area contributed by atoms with Crippen molar-refractivity contribution in [2.45, 2.75) is 33.4 Å². The van der Waals surface area contributed by atoms with Gasteiger partial charge in [0.05, 0.1) is 0 Å². The summed E-state index contributed by atoms with van der Waals surface area (Å²) in [6, 6.07) is 7.11. The maximum atomic E-state index is 3.44. The topological polar surface area (TPSA) is 15.3 Å². The predicted octanol–water partition coefficient (Wildman–Crippen LogP) is 3.03.